The smallest absolute Gasteiger partial charge is 0.0316 e. The van der Waals surface area contributed by atoms with Crippen molar-refractivity contribution in [3.8, 4) is 0 Å². The molecule has 0 nitrogen and oxygen atoms in total. The molecule has 0 aromatic carbocycles. The molecule has 0 fully saturated rings. The van der Waals surface area contributed by atoms with Crippen molar-refractivity contribution < 1.29 is 0 Å². The fourth-order valence-corrected chi connectivity index (χ4v) is 1.71. The lowest BCUT2D eigenvalue weighted by atomic mass is 10.1. The first kappa shape index (κ1) is 15.2. The minimum absolute atomic E-state index is 1.11. The van der Waals surface area contributed by atoms with Crippen LogP contribution in [0.4, 0.5) is 0 Å². The summed E-state index contributed by atoms with van der Waals surface area (Å²) in [6.45, 7) is 7.45. The molecular weight excluding hydrogens is 192 g/mol. The van der Waals surface area contributed by atoms with Gasteiger partial charge in [-0.2, -0.15) is 0 Å². The van der Waals surface area contributed by atoms with Crippen LogP contribution in [0.2, 0.25) is 0 Å². The van der Waals surface area contributed by atoms with Crippen LogP contribution >= 0.6 is 0 Å². The maximum absolute atomic E-state index is 3.74. The second-order valence-electron chi connectivity index (χ2n) is 4.32. The maximum atomic E-state index is 3.74. The second-order valence-corrected chi connectivity index (χ2v) is 4.32. The van der Waals surface area contributed by atoms with Gasteiger partial charge in [0.2, 0.25) is 0 Å². The van der Waals surface area contributed by atoms with Crippen LogP contribution in [0.25, 0.3) is 0 Å². The molecule has 0 N–H and O–H groups in total. The lowest BCUT2D eigenvalue weighted by molar-refractivity contribution is 0.600. The minimum atomic E-state index is 1.11. The van der Waals surface area contributed by atoms with Gasteiger partial charge < -0.3 is 0 Å². The normalized spacial score (nSPS) is 10.8. The van der Waals surface area contributed by atoms with Crippen LogP contribution in [-0.2, 0) is 0 Å². The molecule has 0 atom stereocenters. The SMILES string of the molecule is C=CCCC=CCCCCCCCCC=C. The van der Waals surface area contributed by atoms with E-state index in [9.17, 15) is 0 Å². The van der Waals surface area contributed by atoms with Crippen molar-refractivity contribution in [2.75, 3.05) is 0 Å². The Hall–Kier alpha value is -0.780. The van der Waals surface area contributed by atoms with Gasteiger partial charge in [-0.1, -0.05) is 50.0 Å². The summed E-state index contributed by atoms with van der Waals surface area (Å²) < 4.78 is 0. The molecule has 0 aromatic heterocycles. The first-order valence-electron chi connectivity index (χ1n) is 6.78. The Morgan fingerprint density at radius 2 is 1.00 bits per heavy atom. The maximum Gasteiger partial charge on any atom is -0.0316 e. The lowest BCUT2D eigenvalue weighted by Gasteiger charge is -1.99. The van der Waals surface area contributed by atoms with Gasteiger partial charge in [0.15, 0.2) is 0 Å². The summed E-state index contributed by atoms with van der Waals surface area (Å²) in [5, 5.41) is 0. The molecule has 0 aliphatic heterocycles. The highest BCUT2D eigenvalue weighted by Gasteiger charge is 1.89. The van der Waals surface area contributed by atoms with E-state index in [4.69, 9.17) is 0 Å². The Labute approximate surface area is 102 Å². The minimum Gasteiger partial charge on any atom is -0.103 e. The molecule has 0 aliphatic rings. The van der Waals surface area contributed by atoms with E-state index in [1.54, 1.807) is 0 Å². The van der Waals surface area contributed by atoms with Crippen molar-refractivity contribution in [1.29, 1.82) is 0 Å². The van der Waals surface area contributed by atoms with E-state index >= 15 is 0 Å². The third-order valence-corrected chi connectivity index (χ3v) is 2.73. The van der Waals surface area contributed by atoms with Gasteiger partial charge in [0.25, 0.3) is 0 Å². The van der Waals surface area contributed by atoms with Gasteiger partial charge in [-0.05, 0) is 38.5 Å². The van der Waals surface area contributed by atoms with E-state index in [0.29, 0.717) is 0 Å². The van der Waals surface area contributed by atoms with Crippen molar-refractivity contribution in [3.05, 3.63) is 37.5 Å². The Kier molecular flexibility index (Phi) is 13.5. The molecule has 0 saturated heterocycles. The molecule has 16 heavy (non-hydrogen) atoms. The average molecular weight is 220 g/mol. The molecule has 0 aromatic rings. The molecule has 0 aliphatic carbocycles. The summed E-state index contributed by atoms with van der Waals surface area (Å²) in [6.07, 6.45) is 21.6. The predicted molar refractivity (Wildman–Crippen MR) is 75.7 cm³/mol. The molecule has 0 saturated carbocycles. The van der Waals surface area contributed by atoms with E-state index < -0.39 is 0 Å². The monoisotopic (exact) mass is 220 g/mol. The second kappa shape index (κ2) is 14.2. The zero-order valence-electron chi connectivity index (χ0n) is 10.8. The zero-order valence-corrected chi connectivity index (χ0v) is 10.8. The van der Waals surface area contributed by atoms with Gasteiger partial charge in [-0.3, -0.25) is 0 Å². The average Bonchev–Trinajstić information content (AvgIpc) is 2.31. The van der Waals surface area contributed by atoms with Gasteiger partial charge in [-0.25, -0.2) is 0 Å². The van der Waals surface area contributed by atoms with Crippen LogP contribution < -0.4 is 0 Å². The Bertz CT molecular complexity index is 176. The third-order valence-electron chi connectivity index (χ3n) is 2.73. The highest BCUT2D eigenvalue weighted by atomic mass is 14.0. The first-order valence-corrected chi connectivity index (χ1v) is 6.78. The number of rotatable bonds is 12. The summed E-state index contributed by atoms with van der Waals surface area (Å²) in [4.78, 5) is 0. The van der Waals surface area contributed by atoms with Gasteiger partial charge in [0.1, 0.15) is 0 Å². The number of hydrogen-bond donors (Lipinski definition) is 0. The highest BCUT2D eigenvalue weighted by molar-refractivity contribution is 4.84. The van der Waals surface area contributed by atoms with E-state index in [2.05, 4.69) is 25.3 Å². The fraction of sp³-hybridized carbons (Fsp3) is 0.625. The van der Waals surface area contributed by atoms with Crippen molar-refractivity contribution in [3.63, 3.8) is 0 Å². The van der Waals surface area contributed by atoms with Crippen molar-refractivity contribution >= 4 is 0 Å². The highest BCUT2D eigenvalue weighted by Crippen LogP contribution is 2.09. The standard InChI is InChI=1S/C16H28/c1-3-5-7-9-11-13-15-16-14-12-10-8-6-4-2/h3-4,9,11H,1-2,5-8,10,12-16H2. The van der Waals surface area contributed by atoms with Crippen LogP contribution in [0.1, 0.15) is 64.2 Å². The van der Waals surface area contributed by atoms with Crippen molar-refractivity contribution in [2.24, 2.45) is 0 Å². The predicted octanol–water partition coefficient (Wildman–Crippen LogP) is 5.82. The molecule has 0 heterocycles. The number of allylic oxidation sites excluding steroid dienone is 4. The molecule has 0 spiro atoms. The molecule has 92 valence electrons. The quantitative estimate of drug-likeness (QED) is 0.287. The largest absolute Gasteiger partial charge is 0.103 e. The Morgan fingerprint density at radius 3 is 1.62 bits per heavy atom. The van der Waals surface area contributed by atoms with E-state index in [0.717, 1.165) is 12.8 Å². The summed E-state index contributed by atoms with van der Waals surface area (Å²) in [5.74, 6) is 0. The summed E-state index contributed by atoms with van der Waals surface area (Å²) in [6, 6.07) is 0. The van der Waals surface area contributed by atoms with Crippen LogP contribution in [0.5, 0.6) is 0 Å². The molecule has 0 unspecified atom stereocenters. The van der Waals surface area contributed by atoms with Crippen LogP contribution in [0.15, 0.2) is 37.5 Å². The van der Waals surface area contributed by atoms with E-state index in [1.165, 1.54) is 51.4 Å². The molecule has 0 heteroatoms. The fourth-order valence-electron chi connectivity index (χ4n) is 1.71. The summed E-state index contributed by atoms with van der Waals surface area (Å²) in [7, 11) is 0. The molecular formula is C16H28. The molecule has 0 bridgehead atoms. The van der Waals surface area contributed by atoms with Crippen molar-refractivity contribution in [1.82, 2.24) is 0 Å². The van der Waals surface area contributed by atoms with Gasteiger partial charge >= 0.3 is 0 Å². The van der Waals surface area contributed by atoms with Crippen LogP contribution in [0, 0.1) is 0 Å². The van der Waals surface area contributed by atoms with E-state index in [-0.39, 0.29) is 0 Å². The summed E-state index contributed by atoms with van der Waals surface area (Å²) in [5.41, 5.74) is 0. The lowest BCUT2D eigenvalue weighted by Crippen LogP contribution is -1.79. The molecule has 0 amide bonds. The zero-order chi connectivity index (χ0) is 11.9. The number of hydrogen-bond acceptors (Lipinski definition) is 0. The Balaban J connectivity index is 3.00. The van der Waals surface area contributed by atoms with Crippen LogP contribution in [0.3, 0.4) is 0 Å². The van der Waals surface area contributed by atoms with Crippen LogP contribution in [-0.4, -0.2) is 0 Å². The van der Waals surface area contributed by atoms with E-state index in [1.807, 2.05) is 12.2 Å². The summed E-state index contributed by atoms with van der Waals surface area (Å²) >= 11 is 0. The van der Waals surface area contributed by atoms with Gasteiger partial charge in [0.05, 0.1) is 0 Å². The topological polar surface area (TPSA) is 0 Å². The van der Waals surface area contributed by atoms with Crippen molar-refractivity contribution in [2.45, 2.75) is 64.2 Å². The molecule has 0 rings (SSSR count). The first-order chi connectivity index (χ1) is 7.91. The van der Waals surface area contributed by atoms with Gasteiger partial charge in [-0.15, -0.1) is 13.2 Å². The Morgan fingerprint density at radius 1 is 0.500 bits per heavy atom. The van der Waals surface area contributed by atoms with Gasteiger partial charge in [0, 0.05) is 0 Å². The third kappa shape index (κ3) is 13.2. The molecule has 0 radical (unpaired) electrons. The number of unbranched alkanes of at least 4 members (excludes halogenated alkanes) is 8.